The average molecular weight is 668 g/mol. The number of rotatable bonds is 7. The lowest BCUT2D eigenvalue weighted by Crippen LogP contribution is -2.49. The van der Waals surface area contributed by atoms with Crippen molar-refractivity contribution < 1.29 is 33.7 Å². The summed E-state index contributed by atoms with van der Waals surface area (Å²) in [5, 5.41) is 10.7. The van der Waals surface area contributed by atoms with Crippen molar-refractivity contribution in [3.05, 3.63) is 106 Å². The Bertz CT molecular complexity index is 1640. The summed E-state index contributed by atoms with van der Waals surface area (Å²) in [5.41, 5.74) is 3.12. The number of aliphatic hydroxyl groups is 1. The van der Waals surface area contributed by atoms with Crippen molar-refractivity contribution in [2.45, 2.75) is 26.8 Å². The van der Waals surface area contributed by atoms with Gasteiger partial charge in [0, 0.05) is 54.4 Å². The normalized spacial score (nSPS) is 15.3. The van der Waals surface area contributed by atoms with Crippen molar-refractivity contribution in [2.24, 2.45) is 0 Å². The molecular weight excluding hydrogens is 631 g/mol. The molecule has 1 saturated heterocycles. The number of piperazine rings is 1. The Labute approximate surface area is 279 Å². The van der Waals surface area contributed by atoms with Crippen molar-refractivity contribution in [2.75, 3.05) is 39.6 Å². The molecule has 1 fully saturated rings. The highest BCUT2D eigenvalue weighted by Gasteiger charge is 2.31. The van der Waals surface area contributed by atoms with Crippen LogP contribution in [0.1, 0.15) is 41.8 Å². The van der Waals surface area contributed by atoms with Gasteiger partial charge in [0.1, 0.15) is 11.5 Å². The summed E-state index contributed by atoms with van der Waals surface area (Å²) >= 11 is 5.85. The smallest absolute Gasteiger partial charge is 0.260 e. The lowest BCUT2D eigenvalue weighted by atomic mass is 9.87. The third kappa shape index (κ3) is 8.48. The van der Waals surface area contributed by atoms with Gasteiger partial charge in [-0.1, -0.05) is 53.6 Å². The van der Waals surface area contributed by atoms with Crippen LogP contribution in [0, 0.1) is 0 Å². The molecule has 3 aromatic rings. The summed E-state index contributed by atoms with van der Waals surface area (Å²) in [6, 6.07) is 19.7. The number of hydrogen-bond donors (Lipinski definition) is 1. The number of ketones is 2. The van der Waals surface area contributed by atoms with Crippen LogP contribution < -0.4 is 14.2 Å². The van der Waals surface area contributed by atoms with Crippen molar-refractivity contribution in [3.8, 4) is 17.2 Å². The van der Waals surface area contributed by atoms with Gasteiger partial charge in [-0.05, 0) is 62.2 Å². The number of Topliss-reactive ketones (excluding diaryl/α,β-unsaturated/α-hetero) is 2. The first kappa shape index (κ1) is 34.6. The summed E-state index contributed by atoms with van der Waals surface area (Å²) in [6.45, 7) is 8.05. The minimum Gasteiger partial charge on any atom is -0.507 e. The molecule has 0 unspecified atom stereocenters. The molecule has 0 bridgehead atoms. The quantitative estimate of drug-likeness (QED) is 0.232. The first-order valence-electron chi connectivity index (χ1n) is 14.7. The molecule has 11 heteroatoms. The van der Waals surface area contributed by atoms with Gasteiger partial charge in [0.2, 0.25) is 18.4 Å². The SMILES string of the molecule is CC(C)=CCC1=C(O)c2ccccc2C(=O)C1=O.Cl.O=C(COc1ccc(Cl)cc1)N1CCN(Cc2ccc3c(c2)OCO3)CC1. The molecule has 3 aromatic carbocycles. The molecule has 6 rings (SSSR count). The highest BCUT2D eigenvalue weighted by atomic mass is 35.5. The van der Waals surface area contributed by atoms with E-state index in [2.05, 4.69) is 11.0 Å². The topological polar surface area (TPSA) is 106 Å². The summed E-state index contributed by atoms with van der Waals surface area (Å²) < 4.78 is 16.3. The predicted molar refractivity (Wildman–Crippen MR) is 178 cm³/mol. The van der Waals surface area contributed by atoms with Gasteiger partial charge in [0.15, 0.2) is 18.1 Å². The molecule has 0 atom stereocenters. The maximum absolute atomic E-state index is 12.4. The molecule has 1 aliphatic carbocycles. The zero-order chi connectivity index (χ0) is 31.9. The zero-order valence-corrected chi connectivity index (χ0v) is 27.2. The average Bonchev–Trinajstić information content (AvgIpc) is 3.52. The largest absolute Gasteiger partial charge is 0.507 e. The van der Waals surface area contributed by atoms with Crippen LogP contribution in [0.25, 0.3) is 5.76 Å². The number of carbonyl (C=O) groups excluding carboxylic acids is 3. The Balaban J connectivity index is 0.000000221. The van der Waals surface area contributed by atoms with E-state index in [1.807, 2.05) is 37.0 Å². The molecule has 0 spiro atoms. The highest BCUT2D eigenvalue weighted by Crippen LogP contribution is 2.33. The van der Waals surface area contributed by atoms with E-state index in [9.17, 15) is 19.5 Å². The fourth-order valence-corrected chi connectivity index (χ4v) is 5.26. The Kier molecular flexibility index (Phi) is 11.9. The Morgan fingerprint density at radius 3 is 2.28 bits per heavy atom. The monoisotopic (exact) mass is 666 g/mol. The molecule has 0 aromatic heterocycles. The molecule has 46 heavy (non-hydrogen) atoms. The van der Waals surface area contributed by atoms with E-state index in [1.165, 1.54) is 5.56 Å². The zero-order valence-electron chi connectivity index (χ0n) is 25.7. The standard InChI is InChI=1S/C20H21ClN2O4.C15H14O3.ClH/c21-16-2-4-17(5-3-16)25-13-20(24)23-9-7-22(8-10-23)12-15-1-6-18-19(11-15)27-14-26-18;1-9(2)7-8-12-13(16)10-5-3-4-6-11(10)14(17)15(12)18;/h1-6,11H,7-10,12-14H2;3-7,16H,8H2,1-2H3;1H. The molecular formula is C35H36Cl2N2O7. The number of benzene rings is 3. The van der Waals surface area contributed by atoms with E-state index >= 15 is 0 Å². The third-order valence-electron chi connectivity index (χ3n) is 7.65. The number of carbonyl (C=O) groups is 3. The van der Waals surface area contributed by atoms with Crippen LogP contribution in [0.3, 0.4) is 0 Å². The van der Waals surface area contributed by atoms with Gasteiger partial charge in [-0.3, -0.25) is 19.3 Å². The molecule has 2 heterocycles. The molecule has 1 N–H and O–H groups in total. The molecule has 9 nitrogen and oxygen atoms in total. The summed E-state index contributed by atoms with van der Waals surface area (Å²) in [4.78, 5) is 40.4. The Morgan fingerprint density at radius 2 is 1.59 bits per heavy atom. The van der Waals surface area contributed by atoms with E-state index in [4.69, 9.17) is 25.8 Å². The number of hydrogen-bond acceptors (Lipinski definition) is 8. The summed E-state index contributed by atoms with van der Waals surface area (Å²) in [5.74, 6) is 1.04. The fraction of sp³-hybridized carbons (Fsp3) is 0.286. The lowest BCUT2D eigenvalue weighted by Gasteiger charge is -2.34. The van der Waals surface area contributed by atoms with E-state index in [1.54, 1.807) is 48.5 Å². The number of nitrogens with zero attached hydrogens (tertiary/aromatic N) is 2. The minimum absolute atomic E-state index is 0. The van der Waals surface area contributed by atoms with Crippen LogP contribution in [-0.2, 0) is 16.1 Å². The number of halogens is 2. The van der Waals surface area contributed by atoms with Crippen molar-refractivity contribution in [1.82, 2.24) is 9.80 Å². The summed E-state index contributed by atoms with van der Waals surface area (Å²) in [7, 11) is 0. The molecule has 0 radical (unpaired) electrons. The van der Waals surface area contributed by atoms with E-state index in [0.29, 0.717) is 29.4 Å². The third-order valence-corrected chi connectivity index (χ3v) is 7.90. The highest BCUT2D eigenvalue weighted by molar-refractivity contribution is 6.52. The van der Waals surface area contributed by atoms with E-state index < -0.39 is 11.6 Å². The molecule has 2 aliphatic heterocycles. The van der Waals surface area contributed by atoms with Crippen LogP contribution in [-0.4, -0.2) is 72.0 Å². The van der Waals surface area contributed by atoms with E-state index in [-0.39, 0.29) is 55.0 Å². The van der Waals surface area contributed by atoms with Crippen molar-refractivity contribution >= 4 is 47.2 Å². The maximum atomic E-state index is 12.4. The lowest BCUT2D eigenvalue weighted by molar-refractivity contribution is -0.135. The summed E-state index contributed by atoms with van der Waals surface area (Å²) in [6.07, 6.45) is 2.11. The molecule has 242 valence electrons. The van der Waals surface area contributed by atoms with Gasteiger partial charge < -0.3 is 24.2 Å². The van der Waals surface area contributed by atoms with Crippen LogP contribution in [0.15, 0.2) is 84.0 Å². The number of amides is 1. The maximum Gasteiger partial charge on any atom is 0.260 e. The fourth-order valence-electron chi connectivity index (χ4n) is 5.13. The second-order valence-electron chi connectivity index (χ2n) is 11.1. The number of allylic oxidation sites excluding steroid dienone is 3. The van der Waals surface area contributed by atoms with Crippen molar-refractivity contribution in [3.63, 3.8) is 0 Å². The minimum atomic E-state index is -0.608. The van der Waals surface area contributed by atoms with Gasteiger partial charge in [-0.25, -0.2) is 0 Å². The molecule has 3 aliphatic rings. The number of fused-ring (bicyclic) bond motifs is 2. The predicted octanol–water partition coefficient (Wildman–Crippen LogP) is 6.29. The van der Waals surface area contributed by atoms with Gasteiger partial charge in [0.05, 0.1) is 0 Å². The second-order valence-corrected chi connectivity index (χ2v) is 11.5. The van der Waals surface area contributed by atoms with Crippen LogP contribution in [0.4, 0.5) is 0 Å². The number of ether oxygens (including phenoxy) is 3. The van der Waals surface area contributed by atoms with Gasteiger partial charge in [0.25, 0.3) is 5.91 Å². The van der Waals surface area contributed by atoms with Gasteiger partial charge >= 0.3 is 0 Å². The number of aliphatic hydroxyl groups excluding tert-OH is 1. The van der Waals surface area contributed by atoms with Crippen LogP contribution in [0.5, 0.6) is 17.2 Å². The Hall–Kier alpha value is -4.31. The second kappa shape index (κ2) is 15.8. The van der Waals surface area contributed by atoms with Crippen LogP contribution in [0.2, 0.25) is 5.02 Å². The van der Waals surface area contributed by atoms with Crippen molar-refractivity contribution in [1.29, 1.82) is 0 Å². The molecule has 0 saturated carbocycles. The van der Waals surface area contributed by atoms with Crippen LogP contribution >= 0.6 is 24.0 Å². The van der Waals surface area contributed by atoms with E-state index in [0.717, 1.165) is 36.7 Å². The first-order chi connectivity index (χ1) is 21.7. The molecule has 1 amide bonds. The Morgan fingerprint density at radius 1 is 0.913 bits per heavy atom. The first-order valence-corrected chi connectivity index (χ1v) is 15.1. The van der Waals surface area contributed by atoms with Gasteiger partial charge in [-0.15, -0.1) is 12.4 Å². The van der Waals surface area contributed by atoms with Gasteiger partial charge in [-0.2, -0.15) is 0 Å².